The summed E-state index contributed by atoms with van der Waals surface area (Å²) in [6, 6.07) is 7.84. The maximum Gasteiger partial charge on any atom is 0.317 e. The second-order valence-corrected chi connectivity index (χ2v) is 10.1. The van der Waals surface area contributed by atoms with E-state index in [9.17, 15) is 9.59 Å². The predicted octanol–water partition coefficient (Wildman–Crippen LogP) is 4.08. The van der Waals surface area contributed by atoms with Gasteiger partial charge in [-0.15, -0.1) is 11.3 Å². The average Bonchev–Trinajstić information content (AvgIpc) is 3.50. The third-order valence-corrected chi connectivity index (χ3v) is 7.53. The number of fused-ring (bicyclic) bond motifs is 1. The number of ether oxygens (including phenoxy) is 2. The average molecular weight is 486 g/mol. The zero-order chi connectivity index (χ0) is 24.1. The third-order valence-electron chi connectivity index (χ3n) is 6.53. The quantitative estimate of drug-likeness (QED) is 0.612. The highest BCUT2D eigenvalue weighted by Crippen LogP contribution is 2.34. The van der Waals surface area contributed by atoms with Crippen molar-refractivity contribution < 1.29 is 19.1 Å². The number of carbonyl (C=O) groups is 2. The lowest BCUT2D eigenvalue weighted by Gasteiger charge is -2.37. The van der Waals surface area contributed by atoms with Gasteiger partial charge in [-0.05, 0) is 68.7 Å². The molecule has 7 nitrogen and oxygen atoms in total. The molecule has 1 aromatic heterocycles. The summed E-state index contributed by atoms with van der Waals surface area (Å²) in [6.07, 6.45) is 2.72. The van der Waals surface area contributed by atoms with E-state index in [-0.39, 0.29) is 30.6 Å². The van der Waals surface area contributed by atoms with Crippen molar-refractivity contribution in [2.45, 2.75) is 52.2 Å². The van der Waals surface area contributed by atoms with Gasteiger partial charge in [0.05, 0.1) is 12.1 Å². The molecule has 0 bridgehead atoms. The van der Waals surface area contributed by atoms with E-state index in [1.165, 1.54) is 10.4 Å². The van der Waals surface area contributed by atoms with Crippen LogP contribution < -0.4 is 10.1 Å². The fraction of sp³-hybridized carbons (Fsp3) is 0.538. The normalized spacial score (nSPS) is 19.6. The molecule has 2 aliphatic rings. The van der Waals surface area contributed by atoms with Crippen LogP contribution in [0.15, 0.2) is 29.6 Å². The summed E-state index contributed by atoms with van der Waals surface area (Å²) < 4.78 is 12.0. The van der Waals surface area contributed by atoms with E-state index in [1.807, 2.05) is 30.9 Å². The highest BCUT2D eigenvalue weighted by Gasteiger charge is 2.34. The molecule has 4 rings (SSSR count). The molecule has 3 amide bonds. The van der Waals surface area contributed by atoms with Crippen LogP contribution >= 0.6 is 11.3 Å². The molecule has 8 heteroatoms. The fourth-order valence-electron chi connectivity index (χ4n) is 4.78. The molecular formula is C26H35N3O4S. The van der Waals surface area contributed by atoms with Crippen molar-refractivity contribution in [1.29, 1.82) is 0 Å². The first kappa shape index (κ1) is 24.5. The molecule has 3 heterocycles. The molecule has 1 saturated heterocycles. The summed E-state index contributed by atoms with van der Waals surface area (Å²) in [5, 5.41) is 4.93. The monoisotopic (exact) mass is 485 g/mol. The van der Waals surface area contributed by atoms with Gasteiger partial charge in [0.1, 0.15) is 18.9 Å². The van der Waals surface area contributed by atoms with Gasteiger partial charge in [0.15, 0.2) is 0 Å². The summed E-state index contributed by atoms with van der Waals surface area (Å²) in [6.45, 7) is 8.68. The Labute approximate surface area is 206 Å². The van der Waals surface area contributed by atoms with E-state index < -0.39 is 0 Å². The lowest BCUT2D eigenvalue weighted by molar-refractivity contribution is -0.135. The predicted molar refractivity (Wildman–Crippen MR) is 134 cm³/mol. The molecular weight excluding hydrogens is 450 g/mol. The highest BCUT2D eigenvalue weighted by molar-refractivity contribution is 7.10. The van der Waals surface area contributed by atoms with Gasteiger partial charge in [0.2, 0.25) is 5.91 Å². The van der Waals surface area contributed by atoms with Crippen LogP contribution in [-0.2, 0) is 16.0 Å². The Hall–Kier alpha value is -2.58. The van der Waals surface area contributed by atoms with Crippen molar-refractivity contribution in [2.75, 3.05) is 39.4 Å². The molecule has 1 fully saturated rings. The van der Waals surface area contributed by atoms with Gasteiger partial charge in [-0.3, -0.25) is 4.79 Å². The lowest BCUT2D eigenvalue weighted by atomic mass is 10.00. The molecule has 0 radical (unpaired) electrons. The van der Waals surface area contributed by atoms with Crippen molar-refractivity contribution in [3.8, 4) is 5.75 Å². The number of nitrogens with zero attached hydrogens (tertiary/aromatic N) is 2. The van der Waals surface area contributed by atoms with E-state index in [0.29, 0.717) is 32.8 Å². The first-order valence-corrected chi connectivity index (χ1v) is 13.0. The topological polar surface area (TPSA) is 71.1 Å². The maximum absolute atomic E-state index is 13.6. The summed E-state index contributed by atoms with van der Waals surface area (Å²) in [5.74, 6) is 0.776. The first-order valence-electron chi connectivity index (χ1n) is 12.2. The Morgan fingerprint density at radius 3 is 2.88 bits per heavy atom. The van der Waals surface area contributed by atoms with Crippen molar-refractivity contribution in [3.05, 3.63) is 51.2 Å². The number of carbonyl (C=O) groups excluding carboxylic acids is 2. The van der Waals surface area contributed by atoms with Crippen molar-refractivity contribution >= 4 is 23.3 Å². The van der Waals surface area contributed by atoms with Gasteiger partial charge in [-0.25, -0.2) is 4.79 Å². The number of aryl methyl sites for hydroxylation is 2. The number of rotatable bonds is 8. The van der Waals surface area contributed by atoms with E-state index in [2.05, 4.69) is 29.8 Å². The van der Waals surface area contributed by atoms with Gasteiger partial charge >= 0.3 is 6.03 Å². The second-order valence-electron chi connectivity index (χ2n) is 9.08. The van der Waals surface area contributed by atoms with E-state index in [0.717, 1.165) is 36.1 Å². The van der Waals surface area contributed by atoms with Crippen molar-refractivity contribution in [3.63, 3.8) is 0 Å². The molecule has 184 valence electrons. The van der Waals surface area contributed by atoms with Crippen molar-refractivity contribution in [1.82, 2.24) is 15.1 Å². The number of nitrogens with one attached hydrogen (secondary N) is 1. The van der Waals surface area contributed by atoms with Gasteiger partial charge in [-0.2, -0.15) is 0 Å². The Balaban J connectivity index is 1.49. The van der Waals surface area contributed by atoms with Crippen LogP contribution in [0.5, 0.6) is 5.75 Å². The molecule has 0 spiro atoms. The number of benzene rings is 1. The van der Waals surface area contributed by atoms with Crippen LogP contribution in [0.3, 0.4) is 0 Å². The molecule has 1 N–H and O–H groups in total. The first-order chi connectivity index (χ1) is 16.5. The zero-order valence-corrected chi connectivity index (χ0v) is 21.2. The Kier molecular flexibility index (Phi) is 8.11. The van der Waals surface area contributed by atoms with Crippen LogP contribution in [-0.4, -0.2) is 67.2 Å². The molecule has 0 aliphatic carbocycles. The van der Waals surface area contributed by atoms with E-state index in [1.54, 1.807) is 16.2 Å². The minimum Gasteiger partial charge on any atom is -0.491 e. The van der Waals surface area contributed by atoms with Crippen LogP contribution in [0.2, 0.25) is 0 Å². The highest BCUT2D eigenvalue weighted by atomic mass is 32.1. The SMILES string of the molecule is CCNC(=O)N(CC(=O)N1CCc2sccc2C1COc1ccc(C)cc1C)CC1CCCO1. The zero-order valence-electron chi connectivity index (χ0n) is 20.3. The standard InChI is InChI=1S/C26H35N3O4S/c1-4-27-26(31)28(15-20-6-5-12-32-20)16-25(30)29-11-9-24-21(10-13-34-24)22(29)17-33-23-8-7-18(2)14-19(23)3/h7-8,10,13-14,20,22H,4-6,9,11-12,15-17H2,1-3H3,(H,27,31). The van der Waals surface area contributed by atoms with Crippen LogP contribution in [0.25, 0.3) is 0 Å². The smallest absolute Gasteiger partial charge is 0.317 e. The molecule has 34 heavy (non-hydrogen) atoms. The Morgan fingerprint density at radius 1 is 1.29 bits per heavy atom. The van der Waals surface area contributed by atoms with Crippen LogP contribution in [0.4, 0.5) is 4.79 Å². The molecule has 2 aliphatic heterocycles. The number of amides is 3. The number of thiophene rings is 1. The maximum atomic E-state index is 13.6. The lowest BCUT2D eigenvalue weighted by Crippen LogP contribution is -2.51. The fourth-order valence-corrected chi connectivity index (χ4v) is 5.70. The van der Waals surface area contributed by atoms with Crippen molar-refractivity contribution in [2.24, 2.45) is 0 Å². The number of urea groups is 1. The molecule has 2 aromatic rings. The third kappa shape index (κ3) is 5.73. The number of hydrogen-bond donors (Lipinski definition) is 1. The van der Waals surface area contributed by atoms with E-state index >= 15 is 0 Å². The Morgan fingerprint density at radius 2 is 2.15 bits per heavy atom. The molecule has 2 unspecified atom stereocenters. The summed E-state index contributed by atoms with van der Waals surface area (Å²) in [4.78, 5) is 31.1. The van der Waals surface area contributed by atoms with Crippen LogP contribution in [0, 0.1) is 13.8 Å². The summed E-state index contributed by atoms with van der Waals surface area (Å²) >= 11 is 1.73. The minimum atomic E-state index is -0.220. The summed E-state index contributed by atoms with van der Waals surface area (Å²) in [5.41, 5.74) is 3.42. The molecule has 0 saturated carbocycles. The minimum absolute atomic E-state index is 0.0103. The Bertz CT molecular complexity index is 1000. The number of hydrogen-bond acceptors (Lipinski definition) is 5. The summed E-state index contributed by atoms with van der Waals surface area (Å²) in [7, 11) is 0. The molecule has 1 aromatic carbocycles. The largest absolute Gasteiger partial charge is 0.491 e. The van der Waals surface area contributed by atoms with E-state index in [4.69, 9.17) is 9.47 Å². The molecule has 2 atom stereocenters. The second kappa shape index (κ2) is 11.2. The van der Waals surface area contributed by atoms with Crippen LogP contribution in [0.1, 0.15) is 47.4 Å². The van der Waals surface area contributed by atoms with Gasteiger partial charge < -0.3 is 24.6 Å². The van der Waals surface area contributed by atoms with Gasteiger partial charge in [0, 0.05) is 31.1 Å². The van der Waals surface area contributed by atoms with Gasteiger partial charge in [-0.1, -0.05) is 17.7 Å². The van der Waals surface area contributed by atoms with Gasteiger partial charge in [0.25, 0.3) is 0 Å².